The number of carbonyl (C=O) groups excluding carboxylic acids is 2. The third-order valence-corrected chi connectivity index (χ3v) is 5.68. The fraction of sp³-hybridized carbons (Fsp3) is 0.222. The summed E-state index contributed by atoms with van der Waals surface area (Å²) in [7, 11) is 0. The summed E-state index contributed by atoms with van der Waals surface area (Å²) in [5.74, 6) is -1.73. The van der Waals surface area contributed by atoms with Gasteiger partial charge in [0.25, 0.3) is 11.7 Å². The third kappa shape index (κ3) is 4.83. The molecule has 1 aliphatic heterocycles. The van der Waals surface area contributed by atoms with E-state index in [1.54, 1.807) is 48.8 Å². The molecule has 6 nitrogen and oxygen atoms in total. The number of unbranched alkanes of at least 4 members (excludes halogenated alkanes) is 1. The Morgan fingerprint density at radius 2 is 1.91 bits per heavy atom. The van der Waals surface area contributed by atoms with Crippen LogP contribution in [0.2, 0.25) is 0 Å². The number of hydrogen-bond acceptors (Lipinski definition) is 5. The first kappa shape index (κ1) is 23.2. The molecule has 1 N–H and O–H groups in total. The van der Waals surface area contributed by atoms with Crippen molar-refractivity contribution in [2.45, 2.75) is 32.4 Å². The highest BCUT2D eigenvalue weighted by Crippen LogP contribution is 2.40. The van der Waals surface area contributed by atoms with E-state index in [4.69, 9.17) is 4.74 Å². The molecule has 1 saturated heterocycles. The number of aromatic nitrogens is 1. The number of benzene rings is 2. The molecule has 7 heteroatoms. The molecule has 34 heavy (non-hydrogen) atoms. The number of aliphatic hydroxyl groups excluding tert-OH is 1. The molecule has 1 aliphatic rings. The lowest BCUT2D eigenvalue weighted by molar-refractivity contribution is -0.140. The van der Waals surface area contributed by atoms with E-state index in [9.17, 15) is 19.1 Å². The van der Waals surface area contributed by atoms with Crippen LogP contribution >= 0.6 is 0 Å². The van der Waals surface area contributed by atoms with E-state index in [0.29, 0.717) is 23.5 Å². The largest absolute Gasteiger partial charge is 0.507 e. The van der Waals surface area contributed by atoms with Crippen LogP contribution in [0, 0.1) is 5.82 Å². The van der Waals surface area contributed by atoms with Crippen molar-refractivity contribution in [3.63, 3.8) is 0 Å². The number of carbonyl (C=O) groups is 2. The van der Waals surface area contributed by atoms with Gasteiger partial charge in [-0.1, -0.05) is 43.7 Å². The zero-order chi connectivity index (χ0) is 24.1. The van der Waals surface area contributed by atoms with Crippen molar-refractivity contribution in [1.29, 1.82) is 0 Å². The van der Waals surface area contributed by atoms with E-state index in [1.165, 1.54) is 29.2 Å². The Morgan fingerprint density at radius 1 is 1.12 bits per heavy atom. The number of hydrogen-bond donors (Lipinski definition) is 1. The molecule has 0 bridgehead atoms. The molecule has 1 atom stereocenters. The molecular weight excluding hydrogens is 435 g/mol. The van der Waals surface area contributed by atoms with Gasteiger partial charge in [0.2, 0.25) is 0 Å². The fourth-order valence-electron chi connectivity index (χ4n) is 3.95. The van der Waals surface area contributed by atoms with Gasteiger partial charge in [0, 0.05) is 24.5 Å². The predicted molar refractivity (Wildman–Crippen MR) is 125 cm³/mol. The lowest BCUT2D eigenvalue weighted by atomic mass is 9.95. The van der Waals surface area contributed by atoms with E-state index >= 15 is 0 Å². The lowest BCUT2D eigenvalue weighted by Gasteiger charge is -2.25. The van der Waals surface area contributed by atoms with Crippen LogP contribution in [0.4, 0.5) is 4.39 Å². The fourth-order valence-corrected chi connectivity index (χ4v) is 3.95. The molecule has 3 aromatic rings. The minimum absolute atomic E-state index is 0.0498. The van der Waals surface area contributed by atoms with Crippen LogP contribution in [0.5, 0.6) is 5.75 Å². The van der Waals surface area contributed by atoms with Gasteiger partial charge < -0.3 is 14.7 Å². The summed E-state index contributed by atoms with van der Waals surface area (Å²) in [4.78, 5) is 31.6. The Labute approximate surface area is 197 Å². The molecule has 2 heterocycles. The number of likely N-dealkylation sites (tertiary alicyclic amines) is 1. The average Bonchev–Trinajstić information content (AvgIpc) is 3.10. The van der Waals surface area contributed by atoms with Crippen molar-refractivity contribution >= 4 is 17.4 Å². The number of ether oxygens (including phenoxy) is 1. The van der Waals surface area contributed by atoms with E-state index < -0.39 is 23.5 Å². The number of ketones is 1. The molecule has 4 rings (SSSR count). The Morgan fingerprint density at radius 3 is 2.62 bits per heavy atom. The SMILES string of the molecule is CCCCOc1cccc(C(O)=C2C(=O)C(=O)N(Cc3cccnc3)C2c2ccc(F)cc2)c1. The molecule has 1 unspecified atom stereocenters. The maximum absolute atomic E-state index is 13.6. The molecule has 174 valence electrons. The molecule has 2 aromatic carbocycles. The maximum atomic E-state index is 13.6. The monoisotopic (exact) mass is 460 g/mol. The molecule has 0 spiro atoms. The summed E-state index contributed by atoms with van der Waals surface area (Å²) in [6, 6.07) is 15.0. The number of aliphatic hydroxyl groups is 1. The van der Waals surface area contributed by atoms with Crippen molar-refractivity contribution in [3.8, 4) is 5.75 Å². The van der Waals surface area contributed by atoms with Crippen LogP contribution in [0.1, 0.15) is 42.5 Å². The van der Waals surface area contributed by atoms with Gasteiger partial charge in [-0.3, -0.25) is 14.6 Å². The third-order valence-electron chi connectivity index (χ3n) is 5.68. The Hall–Kier alpha value is -4.00. The number of halogens is 1. The van der Waals surface area contributed by atoms with Crippen LogP contribution in [0.3, 0.4) is 0 Å². The normalized spacial score (nSPS) is 17.2. The van der Waals surface area contributed by atoms with Gasteiger partial charge in [0.05, 0.1) is 18.2 Å². The second-order valence-corrected chi connectivity index (χ2v) is 8.07. The highest BCUT2D eigenvalue weighted by Gasteiger charge is 2.46. The summed E-state index contributed by atoms with van der Waals surface area (Å²) in [6.07, 6.45) is 5.10. The summed E-state index contributed by atoms with van der Waals surface area (Å²) >= 11 is 0. The number of amides is 1. The van der Waals surface area contributed by atoms with Crippen molar-refractivity contribution in [3.05, 3.63) is 101 Å². The van der Waals surface area contributed by atoms with Gasteiger partial charge in [-0.2, -0.15) is 0 Å². The number of pyridine rings is 1. The van der Waals surface area contributed by atoms with E-state index in [0.717, 1.165) is 18.4 Å². The first-order valence-corrected chi connectivity index (χ1v) is 11.2. The second kappa shape index (κ2) is 10.3. The number of Topliss-reactive ketones (excluding diaryl/α,β-unsaturated/α-hetero) is 1. The van der Waals surface area contributed by atoms with Gasteiger partial charge in [0.1, 0.15) is 17.3 Å². The minimum atomic E-state index is -0.884. The summed E-state index contributed by atoms with van der Waals surface area (Å²) in [5.41, 5.74) is 1.55. The quantitative estimate of drug-likeness (QED) is 0.221. The molecule has 0 saturated carbocycles. The van der Waals surface area contributed by atoms with Gasteiger partial charge in [-0.25, -0.2) is 4.39 Å². The molecule has 0 aliphatic carbocycles. The van der Waals surface area contributed by atoms with Crippen LogP contribution in [-0.4, -0.2) is 33.3 Å². The first-order chi connectivity index (χ1) is 16.5. The molecule has 0 radical (unpaired) electrons. The minimum Gasteiger partial charge on any atom is -0.507 e. The van der Waals surface area contributed by atoms with Gasteiger partial charge in [-0.05, 0) is 47.9 Å². The smallest absolute Gasteiger partial charge is 0.295 e. The second-order valence-electron chi connectivity index (χ2n) is 8.07. The Kier molecular flexibility index (Phi) is 7.01. The molecule has 1 fully saturated rings. The van der Waals surface area contributed by atoms with Crippen molar-refractivity contribution < 1.29 is 23.8 Å². The summed E-state index contributed by atoms with van der Waals surface area (Å²) < 4.78 is 19.4. The van der Waals surface area contributed by atoms with Gasteiger partial charge in [-0.15, -0.1) is 0 Å². The van der Waals surface area contributed by atoms with Crippen molar-refractivity contribution in [2.75, 3.05) is 6.61 Å². The number of rotatable bonds is 8. The topological polar surface area (TPSA) is 79.7 Å². The van der Waals surface area contributed by atoms with E-state index in [1.807, 2.05) is 0 Å². The zero-order valence-electron chi connectivity index (χ0n) is 18.8. The first-order valence-electron chi connectivity index (χ1n) is 11.2. The Bertz CT molecular complexity index is 1210. The lowest BCUT2D eigenvalue weighted by Crippen LogP contribution is -2.29. The summed E-state index contributed by atoms with van der Waals surface area (Å²) in [5, 5.41) is 11.2. The van der Waals surface area contributed by atoms with Crippen molar-refractivity contribution in [2.24, 2.45) is 0 Å². The Balaban J connectivity index is 1.78. The molecule has 1 amide bonds. The van der Waals surface area contributed by atoms with Crippen LogP contribution in [0.25, 0.3) is 5.76 Å². The summed E-state index contributed by atoms with van der Waals surface area (Å²) in [6.45, 7) is 2.70. The molecule has 1 aromatic heterocycles. The average molecular weight is 461 g/mol. The van der Waals surface area contributed by atoms with Crippen molar-refractivity contribution in [1.82, 2.24) is 9.88 Å². The standard InChI is InChI=1S/C27H25FN2O4/c1-2-3-14-34-22-8-4-7-20(15-22)25(31)23-24(19-9-11-21(28)12-10-19)30(27(33)26(23)32)17-18-6-5-13-29-16-18/h4-13,15-16,24,31H,2-3,14,17H2,1H3. The number of nitrogens with zero attached hydrogens (tertiary/aromatic N) is 2. The van der Waals surface area contributed by atoms with Gasteiger partial charge in [0.15, 0.2) is 0 Å². The zero-order valence-corrected chi connectivity index (χ0v) is 18.8. The molecular formula is C27H25FN2O4. The predicted octanol–water partition coefficient (Wildman–Crippen LogP) is 5.02. The van der Waals surface area contributed by atoms with Crippen LogP contribution in [-0.2, 0) is 16.1 Å². The highest BCUT2D eigenvalue weighted by atomic mass is 19.1. The highest BCUT2D eigenvalue weighted by molar-refractivity contribution is 6.46. The van der Waals surface area contributed by atoms with E-state index in [2.05, 4.69) is 11.9 Å². The van der Waals surface area contributed by atoms with Crippen LogP contribution < -0.4 is 4.74 Å². The van der Waals surface area contributed by atoms with Crippen LogP contribution in [0.15, 0.2) is 78.6 Å². The van der Waals surface area contributed by atoms with E-state index in [-0.39, 0.29) is 17.9 Å². The maximum Gasteiger partial charge on any atom is 0.295 e. The van der Waals surface area contributed by atoms with Gasteiger partial charge >= 0.3 is 0 Å².